The Morgan fingerprint density at radius 3 is 2.43 bits per heavy atom. The first kappa shape index (κ1) is 16.9. The molecule has 2 fully saturated rings. The predicted molar refractivity (Wildman–Crippen MR) is 73.1 cm³/mol. The monoisotopic (exact) mass is 327 g/mol. The van der Waals surface area contributed by atoms with Crippen molar-refractivity contribution in [2.24, 2.45) is 11.8 Å². The molecule has 1 saturated heterocycles. The Morgan fingerprint density at radius 2 is 1.90 bits per heavy atom. The summed E-state index contributed by atoms with van der Waals surface area (Å²) in [5, 5.41) is 0. The topological polar surface area (TPSA) is 29.5 Å². The van der Waals surface area contributed by atoms with Crippen molar-refractivity contribution in [2.45, 2.75) is 50.9 Å². The molecule has 1 aliphatic heterocycles. The number of carbonyl (C=O) groups excluding carboxylic acids is 1. The van der Waals surface area contributed by atoms with E-state index in [1.54, 1.807) is 4.90 Å². The van der Waals surface area contributed by atoms with Gasteiger partial charge in [0, 0.05) is 12.5 Å². The fourth-order valence-corrected chi connectivity index (χ4v) is 3.31. The van der Waals surface area contributed by atoms with Gasteiger partial charge in [-0.25, -0.2) is 0 Å². The van der Waals surface area contributed by atoms with E-state index in [1.165, 1.54) is 0 Å². The van der Waals surface area contributed by atoms with Gasteiger partial charge in [-0.05, 0) is 32.6 Å². The van der Waals surface area contributed by atoms with Crippen molar-refractivity contribution in [3.05, 3.63) is 0 Å². The first-order valence-electron chi connectivity index (χ1n) is 7.37. The molecular formula is C14H21ClF3NO2. The van der Waals surface area contributed by atoms with E-state index in [9.17, 15) is 18.0 Å². The molecule has 2 unspecified atom stereocenters. The van der Waals surface area contributed by atoms with E-state index >= 15 is 0 Å². The quantitative estimate of drug-likeness (QED) is 0.729. The summed E-state index contributed by atoms with van der Waals surface area (Å²) in [4.78, 5) is 14.3. The van der Waals surface area contributed by atoms with E-state index in [4.69, 9.17) is 16.3 Å². The van der Waals surface area contributed by atoms with Gasteiger partial charge in [-0.3, -0.25) is 4.79 Å². The van der Waals surface area contributed by atoms with Crippen LogP contribution in [0.2, 0.25) is 0 Å². The molecular weight excluding hydrogens is 307 g/mol. The molecule has 1 amide bonds. The van der Waals surface area contributed by atoms with E-state index in [1.807, 2.05) is 6.92 Å². The smallest absolute Gasteiger partial charge is 0.373 e. The van der Waals surface area contributed by atoms with Crippen LogP contribution in [0.5, 0.6) is 0 Å². The second kappa shape index (κ2) is 6.73. The Balaban J connectivity index is 1.92. The maximum absolute atomic E-state index is 12.7. The van der Waals surface area contributed by atoms with Crippen LogP contribution in [-0.4, -0.2) is 48.2 Å². The van der Waals surface area contributed by atoms with Crippen molar-refractivity contribution < 1.29 is 22.7 Å². The van der Waals surface area contributed by atoms with Gasteiger partial charge in [-0.15, -0.1) is 11.6 Å². The standard InChI is InChI=1S/C14H21ClF3NO2/c1-9-8-21-12(6-15)7-19(9)13(20)10-2-4-11(5-3-10)14(16,17)18/h9-12H,2-8H2,1H3. The average Bonchev–Trinajstić information content (AvgIpc) is 2.46. The first-order chi connectivity index (χ1) is 9.82. The lowest BCUT2D eigenvalue weighted by Crippen LogP contribution is -2.53. The summed E-state index contributed by atoms with van der Waals surface area (Å²) in [7, 11) is 0. The molecule has 122 valence electrons. The molecule has 0 N–H and O–H groups in total. The molecule has 7 heteroatoms. The van der Waals surface area contributed by atoms with Gasteiger partial charge >= 0.3 is 6.18 Å². The number of hydrogen-bond donors (Lipinski definition) is 0. The highest BCUT2D eigenvalue weighted by Gasteiger charge is 2.43. The minimum absolute atomic E-state index is 0.0402. The van der Waals surface area contributed by atoms with Crippen LogP contribution >= 0.6 is 11.6 Å². The van der Waals surface area contributed by atoms with Crippen LogP contribution < -0.4 is 0 Å². The van der Waals surface area contributed by atoms with Crippen molar-refractivity contribution in [1.29, 1.82) is 0 Å². The van der Waals surface area contributed by atoms with Gasteiger partial charge in [0.1, 0.15) is 0 Å². The SMILES string of the molecule is CC1COC(CCl)CN1C(=O)C1CCC(C(F)(F)F)CC1. The van der Waals surface area contributed by atoms with Crippen LogP contribution in [0, 0.1) is 11.8 Å². The van der Waals surface area contributed by atoms with E-state index in [0.717, 1.165) is 0 Å². The van der Waals surface area contributed by atoms with Crippen LogP contribution in [0.3, 0.4) is 0 Å². The molecule has 0 bridgehead atoms. The average molecular weight is 328 g/mol. The molecule has 1 aliphatic carbocycles. The number of ether oxygens (including phenoxy) is 1. The lowest BCUT2D eigenvalue weighted by atomic mass is 9.81. The first-order valence-corrected chi connectivity index (χ1v) is 7.91. The second-order valence-corrected chi connectivity index (χ2v) is 6.35. The summed E-state index contributed by atoms with van der Waals surface area (Å²) < 4.78 is 43.5. The number of rotatable bonds is 2. The zero-order valence-corrected chi connectivity index (χ0v) is 12.8. The highest BCUT2D eigenvalue weighted by atomic mass is 35.5. The Kier molecular flexibility index (Phi) is 5.41. The van der Waals surface area contributed by atoms with E-state index in [0.29, 0.717) is 31.9 Å². The number of morpholine rings is 1. The van der Waals surface area contributed by atoms with Gasteiger partial charge in [0.2, 0.25) is 5.91 Å². The number of alkyl halides is 4. The normalized spacial score (nSPS) is 34.8. The van der Waals surface area contributed by atoms with Gasteiger partial charge < -0.3 is 9.64 Å². The highest BCUT2D eigenvalue weighted by Crippen LogP contribution is 2.40. The van der Waals surface area contributed by atoms with Gasteiger partial charge in [0.15, 0.2) is 0 Å². The minimum atomic E-state index is -4.13. The third kappa shape index (κ3) is 4.03. The van der Waals surface area contributed by atoms with Crippen LogP contribution in [0.15, 0.2) is 0 Å². The lowest BCUT2D eigenvalue weighted by molar-refractivity contribution is -0.186. The van der Waals surface area contributed by atoms with Gasteiger partial charge in [0.05, 0.1) is 30.6 Å². The van der Waals surface area contributed by atoms with Crippen molar-refractivity contribution in [1.82, 2.24) is 4.90 Å². The number of amides is 1. The summed E-state index contributed by atoms with van der Waals surface area (Å²) in [5.74, 6) is -1.27. The molecule has 0 spiro atoms. The Labute approximate surface area is 127 Å². The van der Waals surface area contributed by atoms with Crippen LogP contribution in [-0.2, 0) is 9.53 Å². The molecule has 3 nitrogen and oxygen atoms in total. The van der Waals surface area contributed by atoms with Gasteiger partial charge in [-0.2, -0.15) is 13.2 Å². The molecule has 1 saturated carbocycles. The number of halogens is 4. The number of carbonyl (C=O) groups is 1. The minimum Gasteiger partial charge on any atom is -0.373 e. The Morgan fingerprint density at radius 1 is 1.29 bits per heavy atom. The maximum atomic E-state index is 12.7. The molecule has 0 aromatic heterocycles. The highest BCUT2D eigenvalue weighted by molar-refractivity contribution is 6.18. The largest absolute Gasteiger partial charge is 0.391 e. The van der Waals surface area contributed by atoms with E-state index in [2.05, 4.69) is 0 Å². The summed E-state index contributed by atoms with van der Waals surface area (Å²) >= 11 is 5.77. The van der Waals surface area contributed by atoms with E-state index < -0.39 is 12.1 Å². The summed E-state index contributed by atoms with van der Waals surface area (Å²) in [6, 6.07) is -0.0442. The molecule has 2 aliphatic rings. The third-order valence-electron chi connectivity index (χ3n) is 4.50. The molecule has 0 aromatic carbocycles. The van der Waals surface area contributed by atoms with Crippen molar-refractivity contribution >= 4 is 17.5 Å². The summed E-state index contributed by atoms with van der Waals surface area (Å²) in [5.41, 5.74) is 0. The number of nitrogens with zero attached hydrogens (tertiary/aromatic N) is 1. The fourth-order valence-electron chi connectivity index (χ4n) is 3.12. The molecule has 1 heterocycles. The Bertz CT molecular complexity index is 370. The zero-order chi connectivity index (χ0) is 15.6. The third-order valence-corrected chi connectivity index (χ3v) is 4.84. The van der Waals surface area contributed by atoms with Crippen LogP contribution in [0.1, 0.15) is 32.6 Å². The van der Waals surface area contributed by atoms with Crippen LogP contribution in [0.4, 0.5) is 13.2 Å². The molecule has 2 atom stereocenters. The van der Waals surface area contributed by atoms with Crippen molar-refractivity contribution in [2.75, 3.05) is 19.0 Å². The summed E-state index contributed by atoms with van der Waals surface area (Å²) in [6.45, 7) is 2.76. The Hall–Kier alpha value is -0.490. The lowest BCUT2D eigenvalue weighted by Gasteiger charge is -2.40. The number of hydrogen-bond acceptors (Lipinski definition) is 2. The van der Waals surface area contributed by atoms with Crippen LogP contribution in [0.25, 0.3) is 0 Å². The zero-order valence-electron chi connectivity index (χ0n) is 12.0. The molecule has 21 heavy (non-hydrogen) atoms. The molecule has 0 aromatic rings. The van der Waals surface area contributed by atoms with E-state index in [-0.39, 0.29) is 36.8 Å². The van der Waals surface area contributed by atoms with Gasteiger partial charge in [0.25, 0.3) is 0 Å². The predicted octanol–water partition coefficient (Wildman–Crippen LogP) is 3.21. The molecule has 2 rings (SSSR count). The maximum Gasteiger partial charge on any atom is 0.391 e. The van der Waals surface area contributed by atoms with Crippen molar-refractivity contribution in [3.63, 3.8) is 0 Å². The van der Waals surface area contributed by atoms with Gasteiger partial charge in [-0.1, -0.05) is 0 Å². The fraction of sp³-hybridized carbons (Fsp3) is 0.929. The molecule has 0 radical (unpaired) electrons. The summed E-state index contributed by atoms with van der Waals surface area (Å²) in [6.07, 6.45) is -3.57. The van der Waals surface area contributed by atoms with Crippen molar-refractivity contribution in [3.8, 4) is 0 Å². The second-order valence-electron chi connectivity index (χ2n) is 6.04.